The van der Waals surface area contributed by atoms with Gasteiger partial charge in [0.15, 0.2) is 11.5 Å². The van der Waals surface area contributed by atoms with Crippen molar-refractivity contribution in [1.29, 1.82) is 0 Å². The van der Waals surface area contributed by atoms with Gasteiger partial charge in [0.2, 0.25) is 5.91 Å². The second-order valence-electron chi connectivity index (χ2n) is 7.11. The highest BCUT2D eigenvalue weighted by atomic mass is 16.7. The van der Waals surface area contributed by atoms with E-state index in [1.54, 1.807) is 0 Å². The quantitative estimate of drug-likeness (QED) is 0.804. The van der Waals surface area contributed by atoms with Gasteiger partial charge < -0.3 is 19.5 Å². The molecule has 1 heterocycles. The van der Waals surface area contributed by atoms with Crippen molar-refractivity contribution in [1.82, 2.24) is 0 Å². The molecule has 1 fully saturated rings. The Labute approximate surface area is 159 Å². The maximum atomic E-state index is 12.3. The van der Waals surface area contributed by atoms with Gasteiger partial charge >= 0.3 is 0 Å². The lowest BCUT2D eigenvalue weighted by Gasteiger charge is -2.21. The lowest BCUT2D eigenvalue weighted by atomic mass is 10.1. The molecule has 1 aliphatic carbocycles. The van der Waals surface area contributed by atoms with Gasteiger partial charge in [-0.15, -0.1) is 0 Å². The van der Waals surface area contributed by atoms with E-state index < -0.39 is 5.79 Å². The Morgan fingerprint density at radius 2 is 1.81 bits per heavy atom. The Morgan fingerprint density at radius 3 is 2.56 bits per heavy atom. The zero-order valence-electron chi connectivity index (χ0n) is 15.6. The summed E-state index contributed by atoms with van der Waals surface area (Å²) in [6, 6.07) is 13.5. The highest BCUT2D eigenvalue weighted by Crippen LogP contribution is 2.47. The maximum Gasteiger partial charge on any atom is 0.251 e. The third-order valence-corrected chi connectivity index (χ3v) is 5.06. The van der Waals surface area contributed by atoms with E-state index in [0.29, 0.717) is 19.4 Å². The number of rotatable bonds is 6. The third-order valence-electron chi connectivity index (χ3n) is 5.06. The normalized spacial score (nSPS) is 16.5. The van der Waals surface area contributed by atoms with Crippen LogP contribution in [-0.2, 0) is 11.2 Å². The van der Waals surface area contributed by atoms with Crippen LogP contribution in [0.4, 0.5) is 5.69 Å². The Kier molecular flexibility index (Phi) is 4.92. The number of hydrogen-bond acceptors (Lipinski definition) is 4. The van der Waals surface area contributed by atoms with Crippen LogP contribution in [0.25, 0.3) is 0 Å². The van der Waals surface area contributed by atoms with Crippen molar-refractivity contribution in [2.75, 3.05) is 11.9 Å². The molecule has 1 aliphatic heterocycles. The second kappa shape index (κ2) is 7.51. The molecule has 1 N–H and O–H groups in total. The lowest BCUT2D eigenvalue weighted by Crippen LogP contribution is -2.34. The van der Waals surface area contributed by atoms with E-state index in [2.05, 4.69) is 5.32 Å². The van der Waals surface area contributed by atoms with Gasteiger partial charge in [0.1, 0.15) is 5.75 Å². The van der Waals surface area contributed by atoms with Crippen LogP contribution >= 0.6 is 0 Å². The second-order valence-corrected chi connectivity index (χ2v) is 7.11. The molecule has 2 aliphatic rings. The first-order valence-corrected chi connectivity index (χ1v) is 9.69. The first-order chi connectivity index (χ1) is 13.2. The van der Waals surface area contributed by atoms with E-state index in [9.17, 15) is 4.79 Å². The molecule has 0 aromatic heterocycles. The van der Waals surface area contributed by atoms with E-state index in [1.165, 1.54) is 0 Å². The fourth-order valence-electron chi connectivity index (χ4n) is 3.69. The molecule has 1 saturated carbocycles. The molecule has 5 heteroatoms. The van der Waals surface area contributed by atoms with Crippen LogP contribution < -0.4 is 19.5 Å². The van der Waals surface area contributed by atoms with Gasteiger partial charge in [0.25, 0.3) is 5.79 Å². The number of hydrogen-bond donors (Lipinski definition) is 1. The predicted octanol–water partition coefficient (Wildman–Crippen LogP) is 4.70. The summed E-state index contributed by atoms with van der Waals surface area (Å²) in [5.74, 6) is 1.86. The number of aryl methyl sites for hydroxylation is 1. The zero-order valence-corrected chi connectivity index (χ0v) is 15.6. The van der Waals surface area contributed by atoms with Crippen LogP contribution in [0.5, 0.6) is 17.2 Å². The first-order valence-electron chi connectivity index (χ1n) is 9.69. The molecular weight excluding hydrogens is 342 g/mol. The lowest BCUT2D eigenvalue weighted by molar-refractivity contribution is -0.116. The van der Waals surface area contributed by atoms with E-state index in [-0.39, 0.29) is 5.91 Å². The summed E-state index contributed by atoms with van der Waals surface area (Å²) >= 11 is 0. The molecule has 5 nitrogen and oxygen atoms in total. The largest absolute Gasteiger partial charge is 0.494 e. The van der Waals surface area contributed by atoms with Crippen molar-refractivity contribution in [3.63, 3.8) is 0 Å². The Bertz CT molecular complexity index is 810. The molecule has 1 amide bonds. The topological polar surface area (TPSA) is 56.8 Å². The van der Waals surface area contributed by atoms with E-state index in [1.807, 2.05) is 49.4 Å². The fraction of sp³-hybridized carbons (Fsp3) is 0.409. The summed E-state index contributed by atoms with van der Waals surface area (Å²) < 4.78 is 17.5. The van der Waals surface area contributed by atoms with E-state index >= 15 is 0 Å². The minimum Gasteiger partial charge on any atom is -0.494 e. The van der Waals surface area contributed by atoms with Gasteiger partial charge in [-0.3, -0.25) is 4.79 Å². The zero-order chi connectivity index (χ0) is 18.7. The van der Waals surface area contributed by atoms with Crippen LogP contribution in [0, 0.1) is 0 Å². The number of nitrogens with one attached hydrogen (secondary N) is 1. The van der Waals surface area contributed by atoms with Crippen molar-refractivity contribution in [3.8, 4) is 17.2 Å². The minimum absolute atomic E-state index is 0.0154. The van der Waals surface area contributed by atoms with Crippen LogP contribution in [0.3, 0.4) is 0 Å². The highest BCUT2D eigenvalue weighted by Gasteiger charge is 2.44. The molecule has 0 radical (unpaired) electrons. The van der Waals surface area contributed by atoms with Crippen molar-refractivity contribution in [3.05, 3.63) is 48.0 Å². The smallest absolute Gasteiger partial charge is 0.251 e. The van der Waals surface area contributed by atoms with Gasteiger partial charge in [-0.2, -0.15) is 0 Å². The Balaban J connectivity index is 1.31. The van der Waals surface area contributed by atoms with Crippen LogP contribution in [0.15, 0.2) is 42.5 Å². The molecular formula is C22H25NO4. The minimum atomic E-state index is -0.474. The van der Waals surface area contributed by atoms with Crippen molar-refractivity contribution in [2.45, 2.75) is 51.2 Å². The number of amides is 1. The first kappa shape index (κ1) is 17.7. The number of carbonyl (C=O) groups is 1. The number of fused-ring (bicyclic) bond motifs is 1. The predicted molar refractivity (Wildman–Crippen MR) is 103 cm³/mol. The van der Waals surface area contributed by atoms with Gasteiger partial charge in [-0.05, 0) is 56.0 Å². The average molecular weight is 367 g/mol. The van der Waals surface area contributed by atoms with Gasteiger partial charge in [0, 0.05) is 31.0 Å². The Hall–Kier alpha value is -2.69. The summed E-state index contributed by atoms with van der Waals surface area (Å²) in [7, 11) is 0. The maximum absolute atomic E-state index is 12.3. The number of anilines is 1. The summed E-state index contributed by atoms with van der Waals surface area (Å²) in [6.45, 7) is 2.61. The molecule has 142 valence electrons. The van der Waals surface area contributed by atoms with Crippen molar-refractivity contribution in [2.24, 2.45) is 0 Å². The van der Waals surface area contributed by atoms with Crippen LogP contribution in [0.1, 0.15) is 44.6 Å². The molecule has 1 spiro atoms. The molecule has 4 rings (SSSR count). The number of carbonyl (C=O) groups excluding carboxylic acids is 1. The molecule has 0 bridgehead atoms. The van der Waals surface area contributed by atoms with Gasteiger partial charge in [-0.1, -0.05) is 12.1 Å². The standard InChI is InChI=1S/C22H25NO4/c1-2-25-18-9-5-16(6-10-18)7-12-21(24)23-17-8-11-19-20(15-17)27-22(26-19)13-3-4-14-22/h5-6,8-11,15H,2-4,7,12-14H2,1H3,(H,23,24). The number of benzene rings is 2. The monoisotopic (exact) mass is 367 g/mol. The van der Waals surface area contributed by atoms with E-state index in [4.69, 9.17) is 14.2 Å². The van der Waals surface area contributed by atoms with Crippen molar-refractivity contribution < 1.29 is 19.0 Å². The summed E-state index contributed by atoms with van der Waals surface area (Å²) in [5.41, 5.74) is 1.85. The van der Waals surface area contributed by atoms with Gasteiger partial charge in [0.05, 0.1) is 6.61 Å². The van der Waals surface area contributed by atoms with E-state index in [0.717, 1.165) is 54.2 Å². The number of ether oxygens (including phenoxy) is 3. The summed E-state index contributed by atoms with van der Waals surface area (Å²) in [4.78, 5) is 12.3. The molecule has 0 atom stereocenters. The average Bonchev–Trinajstić information content (AvgIpc) is 3.27. The molecule has 0 unspecified atom stereocenters. The van der Waals surface area contributed by atoms with Gasteiger partial charge in [-0.25, -0.2) is 0 Å². The molecule has 2 aromatic rings. The fourth-order valence-corrected chi connectivity index (χ4v) is 3.69. The summed E-state index contributed by atoms with van der Waals surface area (Å²) in [5, 5.41) is 2.95. The summed E-state index contributed by atoms with van der Waals surface area (Å²) in [6.07, 6.45) is 5.21. The highest BCUT2D eigenvalue weighted by molar-refractivity contribution is 5.91. The van der Waals surface area contributed by atoms with Crippen LogP contribution in [-0.4, -0.2) is 18.3 Å². The van der Waals surface area contributed by atoms with Crippen molar-refractivity contribution >= 4 is 11.6 Å². The molecule has 2 aromatic carbocycles. The van der Waals surface area contributed by atoms with Crippen LogP contribution in [0.2, 0.25) is 0 Å². The molecule has 0 saturated heterocycles. The third kappa shape index (κ3) is 4.02. The molecule has 27 heavy (non-hydrogen) atoms. The SMILES string of the molecule is CCOc1ccc(CCC(=O)Nc2ccc3c(c2)OC2(CCCC2)O3)cc1. The Morgan fingerprint density at radius 1 is 1.07 bits per heavy atom.